The molecule has 0 radical (unpaired) electrons. The van der Waals surface area contributed by atoms with Gasteiger partial charge in [-0.05, 0) is 121 Å². The molecule has 4 rings (SSSR count). The van der Waals surface area contributed by atoms with Crippen LogP contribution in [0.2, 0.25) is 0 Å². The molecule has 2 aliphatic carbocycles. The average molecular weight is 481 g/mol. The van der Waals surface area contributed by atoms with E-state index in [1.54, 1.807) is 14.2 Å². The molecule has 4 heteroatoms. The maximum atomic E-state index is 9.91. The first-order valence-corrected chi connectivity index (χ1v) is 13.5. The zero-order valence-electron chi connectivity index (χ0n) is 22.1. The molecular formula is C31H44O4. The molecule has 0 heterocycles. The van der Waals surface area contributed by atoms with Gasteiger partial charge in [0, 0.05) is 0 Å². The molecule has 2 fully saturated rings. The highest BCUT2D eigenvalue weighted by Crippen LogP contribution is 2.53. The Bertz CT molecular complexity index is 888. The molecule has 0 aromatic heterocycles. The predicted molar refractivity (Wildman–Crippen MR) is 141 cm³/mol. The summed E-state index contributed by atoms with van der Waals surface area (Å²) in [6, 6.07) is 12.4. The van der Waals surface area contributed by atoms with Gasteiger partial charge >= 0.3 is 0 Å². The van der Waals surface area contributed by atoms with E-state index >= 15 is 0 Å². The quantitative estimate of drug-likeness (QED) is 0.429. The van der Waals surface area contributed by atoms with Crippen molar-refractivity contribution in [1.29, 1.82) is 0 Å². The summed E-state index contributed by atoms with van der Waals surface area (Å²) in [6.07, 6.45) is 9.92. The maximum Gasteiger partial charge on any atom is 0.122 e. The maximum absolute atomic E-state index is 9.91. The van der Waals surface area contributed by atoms with Crippen molar-refractivity contribution >= 4 is 0 Å². The molecule has 35 heavy (non-hydrogen) atoms. The molecule has 0 unspecified atom stereocenters. The minimum absolute atomic E-state index is 0.0552. The van der Waals surface area contributed by atoms with Crippen molar-refractivity contribution in [2.24, 2.45) is 17.3 Å². The van der Waals surface area contributed by atoms with Crippen LogP contribution in [0.3, 0.4) is 0 Å². The summed E-state index contributed by atoms with van der Waals surface area (Å²) < 4.78 is 11.0. The van der Waals surface area contributed by atoms with Crippen molar-refractivity contribution in [2.75, 3.05) is 14.2 Å². The lowest BCUT2D eigenvalue weighted by Gasteiger charge is -2.47. The Balaban J connectivity index is 1.36. The van der Waals surface area contributed by atoms with E-state index in [2.05, 4.69) is 26.0 Å². The Hall–Kier alpha value is -2.04. The second kappa shape index (κ2) is 11.3. The normalized spacial score (nSPS) is 25.3. The highest BCUT2D eigenvalue weighted by Gasteiger charge is 2.41. The fraction of sp³-hybridized carbons (Fsp3) is 0.613. The standard InChI is InChI=1S/C31H44O4/c1-31(2,25-10-6-22(7-11-25)28-16-14-27(34-3)18-24(28)20-33)26-12-8-23(9-13-26)29-15-5-21(19-32)17-30(29)35-4/h5,14-18,22-23,25-26,32-33H,6-13,19-20H2,1-4H3. The molecule has 2 aromatic rings. The van der Waals surface area contributed by atoms with Crippen LogP contribution in [0.5, 0.6) is 11.5 Å². The van der Waals surface area contributed by atoms with Crippen molar-refractivity contribution < 1.29 is 19.7 Å². The van der Waals surface area contributed by atoms with Crippen molar-refractivity contribution in [3.8, 4) is 11.5 Å². The van der Waals surface area contributed by atoms with E-state index < -0.39 is 0 Å². The van der Waals surface area contributed by atoms with Crippen molar-refractivity contribution in [3.05, 3.63) is 58.7 Å². The van der Waals surface area contributed by atoms with Gasteiger partial charge < -0.3 is 19.7 Å². The highest BCUT2D eigenvalue weighted by molar-refractivity contribution is 5.40. The topological polar surface area (TPSA) is 58.9 Å². The highest BCUT2D eigenvalue weighted by atomic mass is 16.5. The van der Waals surface area contributed by atoms with Crippen LogP contribution >= 0.6 is 0 Å². The van der Waals surface area contributed by atoms with Gasteiger partial charge in [-0.15, -0.1) is 0 Å². The van der Waals surface area contributed by atoms with Crippen LogP contribution in [-0.4, -0.2) is 24.4 Å². The first-order chi connectivity index (χ1) is 16.9. The Labute approximate surface area is 211 Å². The van der Waals surface area contributed by atoms with Crippen molar-refractivity contribution in [3.63, 3.8) is 0 Å². The number of hydrogen-bond donors (Lipinski definition) is 2. The Kier molecular flexibility index (Phi) is 8.44. The van der Waals surface area contributed by atoms with Gasteiger partial charge in [0.1, 0.15) is 11.5 Å². The number of ether oxygens (including phenoxy) is 2. The van der Waals surface area contributed by atoms with E-state index in [4.69, 9.17) is 9.47 Å². The van der Waals surface area contributed by atoms with Crippen LogP contribution in [0, 0.1) is 17.3 Å². The molecule has 2 aromatic carbocycles. The first kappa shape index (κ1) is 26.0. The van der Waals surface area contributed by atoms with Gasteiger partial charge in [-0.2, -0.15) is 0 Å². The smallest absolute Gasteiger partial charge is 0.122 e. The molecule has 192 valence electrons. The summed E-state index contributed by atoms with van der Waals surface area (Å²) in [5.74, 6) is 4.36. The predicted octanol–water partition coefficient (Wildman–Crippen LogP) is 6.96. The van der Waals surface area contributed by atoms with Crippen LogP contribution in [0.4, 0.5) is 0 Å². The minimum Gasteiger partial charge on any atom is -0.497 e. The van der Waals surface area contributed by atoms with Crippen LogP contribution in [0.15, 0.2) is 36.4 Å². The Morgan fingerprint density at radius 3 is 1.80 bits per heavy atom. The van der Waals surface area contributed by atoms with Gasteiger partial charge in [-0.25, -0.2) is 0 Å². The number of hydrogen-bond acceptors (Lipinski definition) is 4. The summed E-state index contributed by atoms with van der Waals surface area (Å²) in [5, 5.41) is 19.4. The lowest BCUT2D eigenvalue weighted by molar-refractivity contribution is 0.0510. The minimum atomic E-state index is 0.0552. The summed E-state index contributed by atoms with van der Waals surface area (Å²) in [6.45, 7) is 5.17. The Morgan fingerprint density at radius 2 is 1.29 bits per heavy atom. The van der Waals surface area contributed by atoms with E-state index in [1.807, 2.05) is 24.3 Å². The van der Waals surface area contributed by atoms with Gasteiger partial charge in [0.25, 0.3) is 0 Å². The van der Waals surface area contributed by atoms with E-state index in [1.165, 1.54) is 62.5 Å². The van der Waals surface area contributed by atoms with Gasteiger partial charge in [0.05, 0.1) is 27.4 Å². The molecule has 0 atom stereocenters. The molecule has 0 spiro atoms. The zero-order chi connectivity index (χ0) is 25.0. The number of benzene rings is 2. The fourth-order valence-corrected chi connectivity index (χ4v) is 7.07. The SMILES string of the molecule is COc1ccc(C2CCC(C(C)(C)C3CCC(c4ccc(CO)cc4OC)CC3)CC2)c(CO)c1. The number of rotatable bonds is 8. The number of aliphatic hydroxyl groups is 2. The summed E-state index contributed by atoms with van der Waals surface area (Å²) in [7, 11) is 3.42. The molecule has 0 amide bonds. The van der Waals surface area contributed by atoms with Gasteiger partial charge in [0.15, 0.2) is 0 Å². The molecule has 0 bridgehead atoms. The van der Waals surface area contributed by atoms with Gasteiger partial charge in [-0.3, -0.25) is 0 Å². The molecule has 0 aliphatic heterocycles. The molecule has 4 nitrogen and oxygen atoms in total. The van der Waals surface area contributed by atoms with E-state index in [9.17, 15) is 10.2 Å². The molecular weight excluding hydrogens is 436 g/mol. The fourth-order valence-electron chi connectivity index (χ4n) is 7.07. The number of aliphatic hydroxyl groups excluding tert-OH is 2. The molecule has 2 aliphatic rings. The van der Waals surface area contributed by atoms with Crippen molar-refractivity contribution in [2.45, 2.75) is 90.3 Å². The van der Waals surface area contributed by atoms with Crippen molar-refractivity contribution in [1.82, 2.24) is 0 Å². The van der Waals surface area contributed by atoms with Crippen LogP contribution in [0.1, 0.15) is 99.3 Å². The number of methoxy groups -OCH3 is 2. The van der Waals surface area contributed by atoms with Crippen LogP contribution < -0.4 is 9.47 Å². The third-order valence-electron chi connectivity index (χ3n) is 9.44. The largest absolute Gasteiger partial charge is 0.497 e. The zero-order valence-corrected chi connectivity index (χ0v) is 22.1. The lowest BCUT2D eigenvalue weighted by Crippen LogP contribution is -2.36. The lowest BCUT2D eigenvalue weighted by atomic mass is 9.58. The molecule has 0 saturated heterocycles. The van der Waals surface area contributed by atoms with Gasteiger partial charge in [-0.1, -0.05) is 32.0 Å². The van der Waals surface area contributed by atoms with E-state index in [-0.39, 0.29) is 13.2 Å². The van der Waals surface area contributed by atoms with Crippen LogP contribution in [0.25, 0.3) is 0 Å². The molecule has 2 N–H and O–H groups in total. The van der Waals surface area contributed by atoms with E-state index in [0.717, 1.165) is 34.5 Å². The molecule has 2 saturated carbocycles. The summed E-state index contributed by atoms with van der Waals surface area (Å²) in [4.78, 5) is 0. The third kappa shape index (κ3) is 5.54. The average Bonchev–Trinajstić information content (AvgIpc) is 2.92. The van der Waals surface area contributed by atoms with Gasteiger partial charge in [0.2, 0.25) is 0 Å². The monoisotopic (exact) mass is 480 g/mol. The summed E-state index contributed by atoms with van der Waals surface area (Å²) in [5.41, 5.74) is 4.90. The second-order valence-corrected chi connectivity index (χ2v) is 11.4. The van der Waals surface area contributed by atoms with E-state index in [0.29, 0.717) is 17.3 Å². The second-order valence-electron chi connectivity index (χ2n) is 11.4. The third-order valence-corrected chi connectivity index (χ3v) is 9.44. The Morgan fingerprint density at radius 1 is 0.714 bits per heavy atom. The first-order valence-electron chi connectivity index (χ1n) is 13.5. The van der Waals surface area contributed by atoms with Crippen LogP contribution in [-0.2, 0) is 13.2 Å². The summed E-state index contributed by atoms with van der Waals surface area (Å²) >= 11 is 0.